The SMILES string of the molecule is O=c1[nH]c(CSc2ncc3ccccn23)nc2ccsc12. The van der Waals surface area contributed by atoms with Crippen molar-refractivity contribution in [1.29, 1.82) is 0 Å². The molecule has 0 amide bonds. The van der Waals surface area contributed by atoms with Gasteiger partial charge in [-0.1, -0.05) is 17.8 Å². The molecule has 0 aliphatic carbocycles. The lowest BCUT2D eigenvalue weighted by Gasteiger charge is -2.01. The Kier molecular flexibility index (Phi) is 3.01. The van der Waals surface area contributed by atoms with Crippen LogP contribution >= 0.6 is 23.1 Å². The molecule has 0 fully saturated rings. The third-order valence-corrected chi connectivity index (χ3v) is 4.99. The van der Waals surface area contributed by atoms with E-state index in [2.05, 4.69) is 15.0 Å². The van der Waals surface area contributed by atoms with Gasteiger partial charge in [0.1, 0.15) is 10.5 Å². The molecule has 7 heteroatoms. The Labute approximate surface area is 127 Å². The van der Waals surface area contributed by atoms with Crippen molar-refractivity contribution in [1.82, 2.24) is 19.4 Å². The largest absolute Gasteiger partial charge is 0.309 e. The number of fused-ring (bicyclic) bond motifs is 2. The Bertz CT molecular complexity index is 985. The summed E-state index contributed by atoms with van der Waals surface area (Å²) in [6, 6.07) is 7.83. The molecule has 4 rings (SSSR count). The minimum absolute atomic E-state index is 0.0708. The first-order valence-electron chi connectivity index (χ1n) is 6.32. The van der Waals surface area contributed by atoms with Crippen LogP contribution in [0, 0.1) is 0 Å². The maximum absolute atomic E-state index is 11.9. The molecule has 104 valence electrons. The van der Waals surface area contributed by atoms with Crippen molar-refractivity contribution in [2.75, 3.05) is 0 Å². The Balaban J connectivity index is 1.64. The lowest BCUT2D eigenvalue weighted by atomic mass is 10.4. The third kappa shape index (κ3) is 2.24. The van der Waals surface area contributed by atoms with Gasteiger partial charge >= 0.3 is 0 Å². The molecular formula is C14H10N4OS2. The van der Waals surface area contributed by atoms with Crippen LogP contribution in [0.3, 0.4) is 0 Å². The third-order valence-electron chi connectivity index (χ3n) is 3.11. The van der Waals surface area contributed by atoms with E-state index in [1.807, 2.05) is 46.4 Å². The molecule has 0 aromatic carbocycles. The normalized spacial score (nSPS) is 11.4. The molecular weight excluding hydrogens is 304 g/mol. The van der Waals surface area contributed by atoms with Gasteiger partial charge in [-0.2, -0.15) is 0 Å². The van der Waals surface area contributed by atoms with E-state index in [0.29, 0.717) is 16.3 Å². The van der Waals surface area contributed by atoms with Gasteiger partial charge in [0, 0.05) is 6.20 Å². The van der Waals surface area contributed by atoms with Gasteiger partial charge < -0.3 is 4.98 Å². The van der Waals surface area contributed by atoms with Crippen LogP contribution in [0.1, 0.15) is 5.82 Å². The fraction of sp³-hybridized carbons (Fsp3) is 0.0714. The number of hydrogen-bond acceptors (Lipinski definition) is 5. The van der Waals surface area contributed by atoms with Crippen LogP contribution in [0.25, 0.3) is 15.7 Å². The molecule has 0 radical (unpaired) electrons. The van der Waals surface area contributed by atoms with E-state index in [-0.39, 0.29) is 5.56 Å². The van der Waals surface area contributed by atoms with Crippen LogP contribution in [0.4, 0.5) is 0 Å². The van der Waals surface area contributed by atoms with Gasteiger partial charge in [0.2, 0.25) is 0 Å². The predicted molar refractivity (Wildman–Crippen MR) is 85.0 cm³/mol. The fourth-order valence-corrected chi connectivity index (χ4v) is 3.71. The number of rotatable bonds is 3. The number of hydrogen-bond donors (Lipinski definition) is 1. The number of nitrogens with one attached hydrogen (secondary N) is 1. The van der Waals surface area contributed by atoms with E-state index in [4.69, 9.17) is 0 Å². The summed E-state index contributed by atoms with van der Waals surface area (Å²) in [6.07, 6.45) is 3.81. The monoisotopic (exact) mass is 314 g/mol. The number of nitrogens with zero attached hydrogens (tertiary/aromatic N) is 3. The molecule has 21 heavy (non-hydrogen) atoms. The second-order valence-electron chi connectivity index (χ2n) is 4.47. The topological polar surface area (TPSA) is 63.0 Å². The van der Waals surface area contributed by atoms with E-state index in [1.54, 1.807) is 11.8 Å². The first kappa shape index (κ1) is 12.6. The van der Waals surface area contributed by atoms with E-state index < -0.39 is 0 Å². The number of aromatic amines is 1. The molecule has 0 bridgehead atoms. The van der Waals surface area contributed by atoms with Crippen molar-refractivity contribution < 1.29 is 0 Å². The quantitative estimate of drug-likeness (QED) is 0.591. The average Bonchev–Trinajstić information content (AvgIpc) is 3.12. The van der Waals surface area contributed by atoms with Crippen molar-refractivity contribution >= 4 is 38.8 Å². The first-order chi connectivity index (χ1) is 10.3. The van der Waals surface area contributed by atoms with Gasteiger partial charge in [0.15, 0.2) is 5.16 Å². The van der Waals surface area contributed by atoms with Gasteiger partial charge in [-0.05, 0) is 23.6 Å². The summed E-state index contributed by atoms with van der Waals surface area (Å²) < 4.78 is 2.70. The van der Waals surface area contributed by atoms with Crippen LogP contribution < -0.4 is 5.56 Å². The Hall–Kier alpha value is -2.12. The Morgan fingerprint density at radius 3 is 3.24 bits per heavy atom. The molecule has 4 heterocycles. The van der Waals surface area contributed by atoms with Crippen molar-refractivity contribution in [3.63, 3.8) is 0 Å². The molecule has 0 aliphatic rings. The zero-order valence-electron chi connectivity index (χ0n) is 10.8. The van der Waals surface area contributed by atoms with Gasteiger partial charge in [-0.25, -0.2) is 9.97 Å². The molecule has 0 saturated carbocycles. The highest BCUT2D eigenvalue weighted by Gasteiger charge is 2.08. The zero-order valence-corrected chi connectivity index (χ0v) is 12.4. The molecule has 0 atom stereocenters. The molecule has 1 N–H and O–H groups in total. The highest BCUT2D eigenvalue weighted by Crippen LogP contribution is 2.22. The first-order valence-corrected chi connectivity index (χ1v) is 8.19. The van der Waals surface area contributed by atoms with Crippen LogP contribution in [0.15, 0.2) is 52.0 Å². The van der Waals surface area contributed by atoms with Crippen LogP contribution in [-0.2, 0) is 5.75 Å². The van der Waals surface area contributed by atoms with Crippen molar-refractivity contribution in [2.24, 2.45) is 0 Å². The predicted octanol–water partition coefficient (Wildman–Crippen LogP) is 2.92. The minimum Gasteiger partial charge on any atom is -0.309 e. The summed E-state index contributed by atoms with van der Waals surface area (Å²) in [5.74, 6) is 1.25. The van der Waals surface area contributed by atoms with Crippen molar-refractivity contribution in [3.05, 3.63) is 58.2 Å². The Morgan fingerprint density at radius 1 is 1.33 bits per heavy atom. The molecule has 0 spiro atoms. The van der Waals surface area contributed by atoms with Crippen LogP contribution in [0.2, 0.25) is 0 Å². The number of pyridine rings is 1. The van der Waals surface area contributed by atoms with Crippen LogP contribution in [0.5, 0.6) is 0 Å². The lowest BCUT2D eigenvalue weighted by Crippen LogP contribution is -2.09. The molecule has 0 saturated heterocycles. The summed E-state index contributed by atoms with van der Waals surface area (Å²) >= 11 is 2.96. The van der Waals surface area contributed by atoms with Crippen molar-refractivity contribution in [3.8, 4) is 0 Å². The highest BCUT2D eigenvalue weighted by molar-refractivity contribution is 7.98. The van der Waals surface area contributed by atoms with Crippen molar-refractivity contribution in [2.45, 2.75) is 10.9 Å². The summed E-state index contributed by atoms with van der Waals surface area (Å²) in [5.41, 5.74) is 1.74. The second-order valence-corrected chi connectivity index (χ2v) is 6.33. The Morgan fingerprint density at radius 2 is 2.29 bits per heavy atom. The number of thioether (sulfide) groups is 1. The van der Waals surface area contributed by atoms with Crippen LogP contribution in [-0.4, -0.2) is 19.4 Å². The average molecular weight is 314 g/mol. The number of imidazole rings is 1. The standard InChI is InChI=1S/C14H10N4OS2/c19-13-12-10(4-6-20-12)16-11(17-13)8-21-14-15-7-9-3-1-2-5-18(9)14/h1-7H,8H2,(H,16,17,19). The smallest absolute Gasteiger partial charge is 0.268 e. The van der Waals surface area contributed by atoms with Gasteiger partial charge in [0.25, 0.3) is 5.56 Å². The maximum Gasteiger partial charge on any atom is 0.268 e. The molecule has 0 aliphatic heterocycles. The summed E-state index contributed by atoms with van der Waals surface area (Å²) in [6.45, 7) is 0. The minimum atomic E-state index is -0.0708. The van der Waals surface area contributed by atoms with Gasteiger partial charge in [-0.15, -0.1) is 11.3 Å². The summed E-state index contributed by atoms with van der Waals surface area (Å²) in [7, 11) is 0. The van der Waals surface area contributed by atoms with E-state index >= 15 is 0 Å². The van der Waals surface area contributed by atoms with Gasteiger partial charge in [-0.3, -0.25) is 9.20 Å². The number of H-pyrrole nitrogens is 1. The lowest BCUT2D eigenvalue weighted by molar-refractivity contribution is 0.951. The number of aromatic nitrogens is 4. The summed E-state index contributed by atoms with van der Waals surface area (Å²) in [5, 5.41) is 2.77. The zero-order chi connectivity index (χ0) is 14.2. The fourth-order valence-electron chi connectivity index (χ4n) is 2.15. The highest BCUT2D eigenvalue weighted by atomic mass is 32.2. The maximum atomic E-state index is 11.9. The van der Waals surface area contributed by atoms with E-state index in [9.17, 15) is 4.79 Å². The van der Waals surface area contributed by atoms with Gasteiger partial charge in [0.05, 0.1) is 23.0 Å². The van der Waals surface area contributed by atoms with E-state index in [1.165, 1.54) is 11.3 Å². The molecule has 4 aromatic rings. The second kappa shape index (κ2) is 5.01. The number of thiophene rings is 1. The summed E-state index contributed by atoms with van der Waals surface area (Å²) in [4.78, 5) is 23.6. The molecule has 4 aromatic heterocycles. The molecule has 0 unspecified atom stereocenters. The molecule has 5 nitrogen and oxygen atoms in total. The van der Waals surface area contributed by atoms with E-state index in [0.717, 1.165) is 16.2 Å².